The van der Waals surface area contributed by atoms with Gasteiger partial charge in [-0.2, -0.15) is 0 Å². The first-order valence-electron chi connectivity index (χ1n) is 10.6. The highest BCUT2D eigenvalue weighted by Gasteiger charge is 2.33. The van der Waals surface area contributed by atoms with Crippen LogP contribution in [-0.2, 0) is 0 Å². The Hall–Kier alpha value is -1.50. The molecule has 0 radical (unpaired) electrons. The van der Waals surface area contributed by atoms with Gasteiger partial charge in [0.1, 0.15) is 0 Å². The van der Waals surface area contributed by atoms with Crippen molar-refractivity contribution in [2.45, 2.75) is 66.4 Å². The van der Waals surface area contributed by atoms with E-state index < -0.39 is 6.10 Å². The second-order valence-corrected chi connectivity index (χ2v) is 8.36. The van der Waals surface area contributed by atoms with E-state index in [-0.39, 0.29) is 31.8 Å². The monoisotopic (exact) mass is 422 g/mol. The van der Waals surface area contributed by atoms with E-state index >= 15 is 0 Å². The molecule has 0 rings (SSSR count). The number of hydrogen-bond donors (Lipinski definition) is 5. The number of rotatable bonds is 14. The van der Waals surface area contributed by atoms with Gasteiger partial charge in [-0.05, 0) is 60.3 Å². The van der Waals surface area contributed by atoms with Crippen molar-refractivity contribution >= 4 is 0 Å². The Labute approximate surface area is 182 Å². The summed E-state index contributed by atoms with van der Waals surface area (Å²) in [6.07, 6.45) is 10.8. The Kier molecular flexibility index (Phi) is 14.6. The molecule has 5 heteroatoms. The molecule has 1 unspecified atom stereocenters. The summed E-state index contributed by atoms with van der Waals surface area (Å²) in [4.78, 5) is 0. The molecule has 0 saturated heterocycles. The average molecular weight is 423 g/mol. The van der Waals surface area contributed by atoms with Gasteiger partial charge in [0.2, 0.25) is 0 Å². The fourth-order valence-electron chi connectivity index (χ4n) is 3.98. The van der Waals surface area contributed by atoms with Gasteiger partial charge >= 0.3 is 0 Å². The number of hydrogen-bond acceptors (Lipinski definition) is 5. The van der Waals surface area contributed by atoms with Gasteiger partial charge in [0.15, 0.2) is 0 Å². The van der Waals surface area contributed by atoms with Crippen molar-refractivity contribution in [1.82, 2.24) is 0 Å². The molecule has 5 nitrogen and oxygen atoms in total. The summed E-state index contributed by atoms with van der Waals surface area (Å²) in [6, 6.07) is 0. The third-order valence-electron chi connectivity index (χ3n) is 5.42. The molecule has 0 aromatic heterocycles. The van der Waals surface area contributed by atoms with Gasteiger partial charge in [0, 0.05) is 5.41 Å². The molecule has 172 valence electrons. The molecule has 0 heterocycles. The predicted octanol–water partition coefficient (Wildman–Crippen LogP) is 3.59. The molecule has 0 aromatic rings. The van der Waals surface area contributed by atoms with Crippen molar-refractivity contribution in [2.24, 2.45) is 5.41 Å². The van der Waals surface area contributed by atoms with Gasteiger partial charge in [0.25, 0.3) is 0 Å². The van der Waals surface area contributed by atoms with Crippen molar-refractivity contribution < 1.29 is 25.5 Å². The molecular weight excluding hydrogens is 380 g/mol. The second-order valence-electron chi connectivity index (χ2n) is 8.36. The fraction of sp³-hybridized carbons (Fsp3) is 0.600. The topological polar surface area (TPSA) is 101 Å². The fourth-order valence-corrected chi connectivity index (χ4v) is 3.98. The van der Waals surface area contributed by atoms with Gasteiger partial charge in [0.05, 0.1) is 32.5 Å². The molecule has 0 aliphatic heterocycles. The van der Waals surface area contributed by atoms with E-state index in [4.69, 9.17) is 5.11 Å². The van der Waals surface area contributed by atoms with Crippen LogP contribution >= 0.6 is 0 Å². The third kappa shape index (κ3) is 11.0. The largest absolute Gasteiger partial charge is 0.392 e. The van der Waals surface area contributed by atoms with Gasteiger partial charge in [-0.3, -0.25) is 0 Å². The first kappa shape index (κ1) is 28.5. The van der Waals surface area contributed by atoms with Crippen molar-refractivity contribution in [3.63, 3.8) is 0 Å². The second kappa shape index (κ2) is 15.3. The summed E-state index contributed by atoms with van der Waals surface area (Å²) < 4.78 is 0. The summed E-state index contributed by atoms with van der Waals surface area (Å²) in [5.74, 6) is 0. The lowest BCUT2D eigenvalue weighted by Gasteiger charge is -2.37. The van der Waals surface area contributed by atoms with Crippen LogP contribution in [0.25, 0.3) is 0 Å². The number of allylic oxidation sites excluding steroid dienone is 4. The van der Waals surface area contributed by atoms with E-state index in [1.165, 1.54) is 0 Å². The summed E-state index contributed by atoms with van der Waals surface area (Å²) >= 11 is 0. The van der Waals surface area contributed by atoms with Crippen molar-refractivity contribution in [3.05, 3.63) is 58.2 Å². The van der Waals surface area contributed by atoms with E-state index in [1.54, 1.807) is 24.3 Å². The van der Waals surface area contributed by atoms with Gasteiger partial charge in [-0.25, -0.2) is 0 Å². The SMILES string of the molecule is CC(=CCO)CC(O)C=C(C)C(CC(C)=CCO)(CC(C)=CCO)CC(C)=CCO. The minimum atomic E-state index is -0.682. The Bertz CT molecular complexity index is 597. The molecular formula is C25H42O5. The molecule has 0 aromatic carbocycles. The lowest BCUT2D eigenvalue weighted by molar-refractivity contribution is 0.217. The summed E-state index contributed by atoms with van der Waals surface area (Å²) in [5, 5.41) is 47.7. The van der Waals surface area contributed by atoms with Crippen LogP contribution in [0.15, 0.2) is 58.2 Å². The summed E-state index contributed by atoms with van der Waals surface area (Å²) in [5.41, 5.74) is 4.72. The molecule has 1 atom stereocenters. The van der Waals surface area contributed by atoms with Crippen molar-refractivity contribution in [2.75, 3.05) is 26.4 Å². The highest BCUT2D eigenvalue weighted by atomic mass is 16.3. The lowest BCUT2D eigenvalue weighted by Crippen LogP contribution is -2.26. The Morgan fingerprint density at radius 2 is 0.967 bits per heavy atom. The van der Waals surface area contributed by atoms with E-state index in [0.717, 1.165) is 27.9 Å². The minimum Gasteiger partial charge on any atom is -0.392 e. The zero-order valence-corrected chi connectivity index (χ0v) is 19.4. The molecule has 0 aliphatic rings. The smallest absolute Gasteiger partial charge is 0.0760 e. The van der Waals surface area contributed by atoms with Crippen LogP contribution in [0.4, 0.5) is 0 Å². The van der Waals surface area contributed by atoms with Crippen molar-refractivity contribution in [3.8, 4) is 0 Å². The maximum atomic E-state index is 10.6. The average Bonchev–Trinajstić information content (AvgIpc) is 2.61. The molecule has 0 saturated carbocycles. The molecule has 5 N–H and O–H groups in total. The van der Waals surface area contributed by atoms with E-state index in [9.17, 15) is 20.4 Å². The summed E-state index contributed by atoms with van der Waals surface area (Å²) in [7, 11) is 0. The van der Waals surface area contributed by atoms with Crippen LogP contribution in [0.3, 0.4) is 0 Å². The van der Waals surface area contributed by atoms with Crippen LogP contribution in [-0.4, -0.2) is 58.1 Å². The molecule has 30 heavy (non-hydrogen) atoms. The van der Waals surface area contributed by atoms with Crippen LogP contribution in [0.2, 0.25) is 0 Å². The molecule has 0 spiro atoms. The standard InChI is InChI=1S/C25H42O5/c1-19(6-10-26)14-24(30)15-23(5)25(16-20(2)7-11-27,17-21(3)8-12-28)18-22(4)9-13-29/h6-9,15,24,26-30H,10-14,16-18H2,1-5H3. The highest BCUT2D eigenvalue weighted by molar-refractivity contribution is 5.26. The maximum absolute atomic E-state index is 10.6. The Morgan fingerprint density at radius 1 is 0.633 bits per heavy atom. The molecule has 0 amide bonds. The minimum absolute atomic E-state index is 0.0324. The highest BCUT2D eigenvalue weighted by Crippen LogP contribution is 2.45. The van der Waals surface area contributed by atoms with E-state index in [0.29, 0.717) is 25.7 Å². The first-order valence-corrected chi connectivity index (χ1v) is 10.6. The summed E-state index contributed by atoms with van der Waals surface area (Å²) in [6.45, 7) is 9.70. The molecule has 0 fully saturated rings. The quantitative estimate of drug-likeness (QED) is 0.275. The Morgan fingerprint density at radius 3 is 1.30 bits per heavy atom. The van der Waals surface area contributed by atoms with E-state index in [1.807, 2.05) is 40.7 Å². The zero-order valence-electron chi connectivity index (χ0n) is 19.4. The third-order valence-corrected chi connectivity index (χ3v) is 5.42. The van der Waals surface area contributed by atoms with Crippen LogP contribution in [0.1, 0.15) is 60.3 Å². The van der Waals surface area contributed by atoms with Gasteiger partial charge in [-0.1, -0.05) is 58.2 Å². The molecule has 0 bridgehead atoms. The van der Waals surface area contributed by atoms with Crippen LogP contribution < -0.4 is 0 Å². The zero-order chi connectivity index (χ0) is 23.2. The van der Waals surface area contributed by atoms with Crippen LogP contribution in [0, 0.1) is 5.41 Å². The molecule has 0 aliphatic carbocycles. The van der Waals surface area contributed by atoms with Crippen molar-refractivity contribution in [1.29, 1.82) is 0 Å². The van der Waals surface area contributed by atoms with Crippen LogP contribution in [0.5, 0.6) is 0 Å². The van der Waals surface area contributed by atoms with Gasteiger partial charge in [-0.15, -0.1) is 0 Å². The first-order chi connectivity index (χ1) is 14.1. The van der Waals surface area contributed by atoms with Gasteiger partial charge < -0.3 is 25.5 Å². The Balaban J connectivity index is 6.29. The van der Waals surface area contributed by atoms with E-state index in [2.05, 4.69) is 0 Å². The normalized spacial score (nSPS) is 17.9. The predicted molar refractivity (Wildman–Crippen MR) is 124 cm³/mol. The number of aliphatic hydroxyl groups is 5. The maximum Gasteiger partial charge on any atom is 0.0760 e. The lowest BCUT2D eigenvalue weighted by atomic mass is 9.67. The number of aliphatic hydroxyl groups excluding tert-OH is 5.